The lowest BCUT2D eigenvalue weighted by Gasteiger charge is -2.09. The number of ether oxygens (including phenoxy) is 1. The number of nitrogens with zero attached hydrogens (tertiary/aromatic N) is 3. The normalized spacial score (nSPS) is 10.2. The van der Waals surface area contributed by atoms with Crippen molar-refractivity contribution >= 4 is 27.4 Å². The Morgan fingerprint density at radius 3 is 2.79 bits per heavy atom. The minimum Gasteiger partial charge on any atom is -0.437 e. The van der Waals surface area contributed by atoms with E-state index in [9.17, 15) is 10.1 Å². The first-order chi connectivity index (χ1) is 8.99. The summed E-state index contributed by atoms with van der Waals surface area (Å²) in [6.07, 6.45) is 1.27. The molecule has 0 amide bonds. The van der Waals surface area contributed by atoms with Gasteiger partial charge in [0.1, 0.15) is 22.4 Å². The minimum atomic E-state index is -0.463. The number of rotatable bonds is 3. The number of hydrogen-bond acceptors (Lipinski definition) is 6. The van der Waals surface area contributed by atoms with Crippen LogP contribution in [-0.4, -0.2) is 14.9 Å². The highest BCUT2D eigenvalue weighted by Crippen LogP contribution is 2.32. The Morgan fingerprint density at radius 2 is 2.16 bits per heavy atom. The number of nitrogens with two attached hydrogens (primary N) is 1. The maximum absolute atomic E-state index is 10.6. The van der Waals surface area contributed by atoms with Gasteiger partial charge in [0, 0.05) is 12.1 Å². The Balaban J connectivity index is 2.34. The van der Waals surface area contributed by atoms with Gasteiger partial charge < -0.3 is 10.5 Å². The molecular formula is C11H9BrN4O3. The molecule has 0 atom stereocenters. The summed E-state index contributed by atoms with van der Waals surface area (Å²) in [5, 5.41) is 10.6. The fourth-order valence-electron chi connectivity index (χ4n) is 1.40. The number of anilines is 1. The van der Waals surface area contributed by atoms with Crippen LogP contribution >= 0.6 is 15.9 Å². The van der Waals surface area contributed by atoms with Crippen molar-refractivity contribution in [2.75, 3.05) is 5.73 Å². The van der Waals surface area contributed by atoms with Gasteiger partial charge in [0.05, 0.1) is 4.92 Å². The molecule has 0 saturated heterocycles. The molecule has 2 aromatic rings. The van der Waals surface area contributed by atoms with E-state index >= 15 is 0 Å². The fourth-order valence-corrected chi connectivity index (χ4v) is 1.69. The smallest absolute Gasteiger partial charge is 0.269 e. The number of hydrogen-bond donors (Lipinski definition) is 1. The molecule has 2 N–H and O–H groups in total. The van der Waals surface area contributed by atoms with E-state index in [1.165, 1.54) is 24.5 Å². The van der Waals surface area contributed by atoms with Crippen molar-refractivity contribution in [3.05, 3.63) is 44.7 Å². The van der Waals surface area contributed by atoms with E-state index in [4.69, 9.17) is 10.5 Å². The molecule has 0 aliphatic carbocycles. The largest absolute Gasteiger partial charge is 0.437 e. The molecular weight excluding hydrogens is 316 g/mol. The molecule has 0 spiro atoms. The third-order valence-electron chi connectivity index (χ3n) is 2.36. The highest BCUT2D eigenvalue weighted by molar-refractivity contribution is 9.10. The topological polar surface area (TPSA) is 104 Å². The second kappa shape index (κ2) is 5.19. The second-order valence-corrected chi connectivity index (χ2v) is 4.48. The predicted molar refractivity (Wildman–Crippen MR) is 72.1 cm³/mol. The number of halogens is 1. The summed E-state index contributed by atoms with van der Waals surface area (Å²) in [7, 11) is 0. The average molecular weight is 325 g/mol. The number of nitro groups is 1. The fraction of sp³-hybridized carbons (Fsp3) is 0.0909. The molecule has 8 heteroatoms. The third-order valence-corrected chi connectivity index (χ3v) is 3.11. The minimum absolute atomic E-state index is 0.00566. The number of aryl methyl sites for hydroxylation is 1. The van der Waals surface area contributed by atoms with E-state index in [-0.39, 0.29) is 17.4 Å². The summed E-state index contributed by atoms with van der Waals surface area (Å²) in [6.45, 7) is 1.71. The molecule has 1 aromatic heterocycles. The summed E-state index contributed by atoms with van der Waals surface area (Å²) in [5.74, 6) is 0.971. The van der Waals surface area contributed by atoms with Gasteiger partial charge in [-0.05, 0) is 34.5 Å². The highest BCUT2D eigenvalue weighted by Gasteiger charge is 2.12. The van der Waals surface area contributed by atoms with Crippen molar-refractivity contribution in [3.8, 4) is 11.6 Å². The van der Waals surface area contributed by atoms with Gasteiger partial charge in [0.15, 0.2) is 0 Å². The SMILES string of the molecule is Cc1cc([N+](=O)[O-])ccc1Oc1ncnc(N)c1Br. The molecule has 1 aromatic carbocycles. The molecule has 1 heterocycles. The number of non-ortho nitro benzene ring substituents is 1. The molecule has 0 aliphatic rings. The lowest BCUT2D eigenvalue weighted by molar-refractivity contribution is -0.384. The van der Waals surface area contributed by atoms with Crippen LogP contribution in [0.25, 0.3) is 0 Å². The van der Waals surface area contributed by atoms with Crippen LogP contribution in [0.4, 0.5) is 11.5 Å². The maximum atomic E-state index is 10.6. The van der Waals surface area contributed by atoms with Crippen molar-refractivity contribution in [1.82, 2.24) is 9.97 Å². The summed E-state index contributed by atoms with van der Waals surface area (Å²) in [5.41, 5.74) is 6.24. The lowest BCUT2D eigenvalue weighted by Crippen LogP contribution is -1.98. The number of aromatic nitrogens is 2. The van der Waals surface area contributed by atoms with Gasteiger partial charge in [-0.25, -0.2) is 9.97 Å². The van der Waals surface area contributed by atoms with Crippen LogP contribution in [0.2, 0.25) is 0 Å². The van der Waals surface area contributed by atoms with Crippen LogP contribution in [0.5, 0.6) is 11.6 Å². The zero-order valence-corrected chi connectivity index (χ0v) is 11.4. The van der Waals surface area contributed by atoms with Crippen LogP contribution in [0, 0.1) is 17.0 Å². The summed E-state index contributed by atoms with van der Waals surface area (Å²) >= 11 is 3.22. The molecule has 0 radical (unpaired) electrons. The van der Waals surface area contributed by atoms with Gasteiger partial charge in [-0.3, -0.25) is 10.1 Å². The van der Waals surface area contributed by atoms with Crippen molar-refractivity contribution in [3.63, 3.8) is 0 Å². The van der Waals surface area contributed by atoms with Gasteiger partial charge in [-0.15, -0.1) is 0 Å². The first kappa shape index (κ1) is 13.2. The lowest BCUT2D eigenvalue weighted by atomic mass is 10.2. The average Bonchev–Trinajstić information content (AvgIpc) is 2.37. The second-order valence-electron chi connectivity index (χ2n) is 3.69. The first-order valence-electron chi connectivity index (χ1n) is 5.18. The molecule has 0 fully saturated rings. The number of benzene rings is 1. The molecule has 2 rings (SSSR count). The summed E-state index contributed by atoms with van der Waals surface area (Å²) < 4.78 is 5.99. The molecule has 0 unspecified atom stereocenters. The quantitative estimate of drug-likeness (QED) is 0.687. The molecule has 19 heavy (non-hydrogen) atoms. The van der Waals surface area contributed by atoms with E-state index in [1.807, 2.05) is 0 Å². The standard InChI is InChI=1S/C11H9BrN4O3/c1-6-4-7(16(17)18)2-3-8(6)19-11-9(12)10(13)14-5-15-11/h2-5H,1H3,(H2,13,14,15). The van der Waals surface area contributed by atoms with E-state index in [1.54, 1.807) is 6.92 Å². The number of nitro benzene ring substituents is 1. The molecule has 0 aliphatic heterocycles. The summed E-state index contributed by atoms with van der Waals surface area (Å²) in [6, 6.07) is 4.30. The zero-order chi connectivity index (χ0) is 14.0. The maximum Gasteiger partial charge on any atom is 0.269 e. The van der Waals surface area contributed by atoms with Crippen LogP contribution < -0.4 is 10.5 Å². The number of nitrogen functional groups attached to an aromatic ring is 1. The van der Waals surface area contributed by atoms with Gasteiger partial charge in [0.25, 0.3) is 5.69 Å². The van der Waals surface area contributed by atoms with Gasteiger partial charge in [-0.1, -0.05) is 0 Å². The monoisotopic (exact) mass is 324 g/mol. The van der Waals surface area contributed by atoms with Crippen LogP contribution in [0.1, 0.15) is 5.56 Å². The van der Waals surface area contributed by atoms with E-state index in [2.05, 4.69) is 25.9 Å². The first-order valence-corrected chi connectivity index (χ1v) is 5.97. The van der Waals surface area contributed by atoms with E-state index < -0.39 is 4.92 Å². The van der Waals surface area contributed by atoms with E-state index in [0.29, 0.717) is 15.8 Å². The van der Waals surface area contributed by atoms with E-state index in [0.717, 1.165) is 0 Å². The molecule has 7 nitrogen and oxygen atoms in total. The molecule has 0 bridgehead atoms. The van der Waals surface area contributed by atoms with Crippen molar-refractivity contribution < 1.29 is 9.66 Å². The van der Waals surface area contributed by atoms with Crippen molar-refractivity contribution in [1.29, 1.82) is 0 Å². The van der Waals surface area contributed by atoms with Gasteiger partial charge in [-0.2, -0.15) is 0 Å². The third kappa shape index (κ3) is 2.79. The van der Waals surface area contributed by atoms with Gasteiger partial charge >= 0.3 is 0 Å². The Bertz CT molecular complexity index is 648. The van der Waals surface area contributed by atoms with Crippen molar-refractivity contribution in [2.24, 2.45) is 0 Å². The van der Waals surface area contributed by atoms with Crippen LogP contribution in [0.3, 0.4) is 0 Å². The molecule has 0 saturated carbocycles. The highest BCUT2D eigenvalue weighted by atomic mass is 79.9. The Labute approximate surface area is 116 Å². The van der Waals surface area contributed by atoms with Crippen molar-refractivity contribution in [2.45, 2.75) is 6.92 Å². The van der Waals surface area contributed by atoms with Crippen LogP contribution in [0.15, 0.2) is 29.0 Å². The Morgan fingerprint density at radius 1 is 1.42 bits per heavy atom. The Hall–Kier alpha value is -2.22. The Kier molecular flexibility index (Phi) is 3.61. The van der Waals surface area contributed by atoms with Gasteiger partial charge in [0.2, 0.25) is 5.88 Å². The zero-order valence-electron chi connectivity index (χ0n) is 9.83. The predicted octanol–water partition coefficient (Wildman–Crippen LogP) is 2.83. The van der Waals surface area contributed by atoms with Crippen LogP contribution in [-0.2, 0) is 0 Å². The summed E-state index contributed by atoms with van der Waals surface area (Å²) in [4.78, 5) is 17.9. The molecule has 98 valence electrons.